The Morgan fingerprint density at radius 1 is 1.00 bits per heavy atom. The molecule has 4 nitrogen and oxygen atoms in total. The van der Waals surface area contributed by atoms with Gasteiger partial charge in [-0.15, -0.1) is 0 Å². The lowest BCUT2D eigenvalue weighted by Crippen LogP contribution is -1.77. The van der Waals surface area contributed by atoms with Crippen molar-refractivity contribution in [1.29, 1.82) is 5.26 Å². The first kappa shape index (κ1) is 13.7. The summed E-state index contributed by atoms with van der Waals surface area (Å²) in [6, 6.07) is 19.7. The number of benzene rings is 2. The molecule has 0 fully saturated rings. The zero-order valence-electron chi connectivity index (χ0n) is 11.6. The van der Waals surface area contributed by atoms with E-state index in [0.29, 0.717) is 22.8 Å². The van der Waals surface area contributed by atoms with Crippen LogP contribution in [-0.4, -0.2) is 11.3 Å². The number of aromatic hydroxyl groups is 1. The molecule has 0 amide bonds. The number of phenolic OH excluding ortho intramolecular Hbond substituents is 1. The van der Waals surface area contributed by atoms with Gasteiger partial charge in [-0.05, 0) is 48.5 Å². The van der Waals surface area contributed by atoms with Crippen molar-refractivity contribution in [2.45, 2.75) is 0 Å². The van der Waals surface area contributed by atoms with Crippen LogP contribution in [0.1, 0.15) is 11.3 Å². The van der Waals surface area contributed by atoms with Gasteiger partial charge < -0.3 is 9.52 Å². The van der Waals surface area contributed by atoms with Crippen molar-refractivity contribution in [1.82, 2.24) is 0 Å². The Bertz CT molecular complexity index is 855. The third kappa shape index (κ3) is 2.89. The maximum atomic E-state index is 9.65. The summed E-state index contributed by atoms with van der Waals surface area (Å²) in [5, 5.41) is 18.4. The number of nitriles is 1. The molecule has 0 bridgehead atoms. The molecule has 0 aliphatic heterocycles. The largest absolute Gasteiger partial charge is 0.506 e. The van der Waals surface area contributed by atoms with Crippen LogP contribution in [0.2, 0.25) is 0 Å². The minimum atomic E-state index is 0.123. The van der Waals surface area contributed by atoms with Crippen molar-refractivity contribution in [3.05, 3.63) is 72.0 Å². The summed E-state index contributed by atoms with van der Waals surface area (Å²) < 4.78 is 5.69. The van der Waals surface area contributed by atoms with Gasteiger partial charge in [0.05, 0.1) is 17.8 Å². The molecule has 0 radical (unpaired) electrons. The smallest absolute Gasteiger partial charge is 0.145 e. The van der Waals surface area contributed by atoms with E-state index in [2.05, 4.69) is 11.1 Å². The molecule has 4 heteroatoms. The van der Waals surface area contributed by atoms with Gasteiger partial charge in [-0.2, -0.15) is 5.26 Å². The second kappa shape index (κ2) is 5.98. The van der Waals surface area contributed by atoms with E-state index in [4.69, 9.17) is 9.68 Å². The fraction of sp³-hybridized carbons (Fsp3) is 0. The van der Waals surface area contributed by atoms with Crippen LogP contribution in [0.4, 0.5) is 5.69 Å². The zero-order valence-corrected chi connectivity index (χ0v) is 11.6. The Morgan fingerprint density at radius 2 is 1.77 bits per heavy atom. The molecule has 1 N–H and O–H groups in total. The minimum absolute atomic E-state index is 0.123. The fourth-order valence-corrected chi connectivity index (χ4v) is 1.99. The van der Waals surface area contributed by atoms with E-state index in [9.17, 15) is 5.11 Å². The average molecular weight is 288 g/mol. The van der Waals surface area contributed by atoms with Crippen LogP contribution >= 0.6 is 0 Å². The molecular formula is C18H12N2O2. The summed E-state index contributed by atoms with van der Waals surface area (Å²) in [4.78, 5) is 4.20. The van der Waals surface area contributed by atoms with Gasteiger partial charge in [0.2, 0.25) is 0 Å². The summed E-state index contributed by atoms with van der Waals surface area (Å²) in [7, 11) is 0. The highest BCUT2D eigenvalue weighted by Gasteiger charge is 2.04. The molecule has 22 heavy (non-hydrogen) atoms. The summed E-state index contributed by atoms with van der Waals surface area (Å²) in [6.07, 6.45) is 1.56. The lowest BCUT2D eigenvalue weighted by atomic mass is 10.1. The number of hydrogen-bond donors (Lipinski definition) is 1. The predicted molar refractivity (Wildman–Crippen MR) is 84.2 cm³/mol. The molecule has 1 aromatic heterocycles. The molecule has 2 aromatic carbocycles. The number of rotatable bonds is 3. The van der Waals surface area contributed by atoms with E-state index in [-0.39, 0.29) is 5.75 Å². The molecule has 0 saturated heterocycles. The molecule has 0 saturated carbocycles. The van der Waals surface area contributed by atoms with Crippen molar-refractivity contribution in [3.8, 4) is 23.1 Å². The third-order valence-electron chi connectivity index (χ3n) is 3.14. The van der Waals surface area contributed by atoms with Crippen molar-refractivity contribution >= 4 is 11.9 Å². The molecule has 3 aromatic rings. The van der Waals surface area contributed by atoms with Crippen molar-refractivity contribution in [3.63, 3.8) is 0 Å². The predicted octanol–water partition coefficient (Wildman–Crippen LogP) is 4.27. The summed E-state index contributed by atoms with van der Waals surface area (Å²) in [5.41, 5.74) is 1.98. The maximum absolute atomic E-state index is 9.65. The number of aliphatic imine (C=N–C) groups is 1. The molecule has 0 atom stereocenters. The number of phenols is 1. The van der Waals surface area contributed by atoms with E-state index < -0.39 is 0 Å². The summed E-state index contributed by atoms with van der Waals surface area (Å²) in [5.74, 6) is 1.41. The van der Waals surface area contributed by atoms with Crippen molar-refractivity contribution in [2.24, 2.45) is 4.99 Å². The summed E-state index contributed by atoms with van der Waals surface area (Å²) in [6.45, 7) is 0. The van der Waals surface area contributed by atoms with Crippen LogP contribution in [0.15, 0.2) is 70.1 Å². The molecule has 0 aliphatic rings. The second-order valence-corrected chi connectivity index (χ2v) is 4.64. The number of para-hydroxylation sites is 2. The Kier molecular flexibility index (Phi) is 3.71. The van der Waals surface area contributed by atoms with Gasteiger partial charge in [0.15, 0.2) is 0 Å². The molecule has 0 spiro atoms. The first-order chi connectivity index (χ1) is 10.8. The molecule has 106 valence electrons. The first-order valence-electron chi connectivity index (χ1n) is 6.69. The minimum Gasteiger partial charge on any atom is -0.506 e. The number of furan rings is 1. The van der Waals surface area contributed by atoms with Gasteiger partial charge in [0.1, 0.15) is 23.0 Å². The SMILES string of the molecule is N#Cc1ccc(-c2ccc(C=Nc3ccccc3O)o2)cc1. The lowest BCUT2D eigenvalue weighted by Gasteiger charge is -1.97. The normalized spacial score (nSPS) is 10.7. The number of nitrogens with zero attached hydrogens (tertiary/aromatic N) is 2. The molecule has 1 heterocycles. The Labute approximate surface area is 127 Å². The second-order valence-electron chi connectivity index (χ2n) is 4.64. The standard InChI is InChI=1S/C18H12N2O2/c19-11-13-5-7-14(8-6-13)18-10-9-15(22-18)12-20-16-3-1-2-4-17(16)21/h1-10,12,21H. The molecule has 3 rings (SSSR count). The summed E-state index contributed by atoms with van der Waals surface area (Å²) >= 11 is 0. The maximum Gasteiger partial charge on any atom is 0.145 e. The van der Waals surface area contributed by atoms with Crippen LogP contribution in [0.5, 0.6) is 5.75 Å². The molecule has 0 aliphatic carbocycles. The first-order valence-corrected chi connectivity index (χ1v) is 6.69. The van der Waals surface area contributed by atoms with Crippen molar-refractivity contribution in [2.75, 3.05) is 0 Å². The van der Waals surface area contributed by atoms with Gasteiger partial charge in [0.25, 0.3) is 0 Å². The van der Waals surface area contributed by atoms with Crippen LogP contribution in [-0.2, 0) is 0 Å². The average Bonchev–Trinajstić information content (AvgIpc) is 3.03. The van der Waals surface area contributed by atoms with Crippen LogP contribution in [0.3, 0.4) is 0 Å². The highest BCUT2D eigenvalue weighted by atomic mass is 16.3. The Balaban J connectivity index is 1.82. The topological polar surface area (TPSA) is 69.5 Å². The molecule has 0 unspecified atom stereocenters. The Morgan fingerprint density at radius 3 is 2.50 bits per heavy atom. The lowest BCUT2D eigenvalue weighted by molar-refractivity contribution is 0.477. The van der Waals surface area contributed by atoms with Crippen LogP contribution < -0.4 is 0 Å². The van der Waals surface area contributed by atoms with Gasteiger partial charge in [0, 0.05) is 5.56 Å². The van der Waals surface area contributed by atoms with Gasteiger partial charge in [-0.1, -0.05) is 12.1 Å². The highest BCUT2D eigenvalue weighted by Crippen LogP contribution is 2.26. The highest BCUT2D eigenvalue weighted by molar-refractivity contribution is 5.80. The van der Waals surface area contributed by atoms with Crippen LogP contribution in [0, 0.1) is 11.3 Å². The molecular weight excluding hydrogens is 276 g/mol. The van der Waals surface area contributed by atoms with E-state index in [1.807, 2.05) is 18.2 Å². The Hall–Kier alpha value is -3.32. The van der Waals surface area contributed by atoms with Gasteiger partial charge >= 0.3 is 0 Å². The van der Waals surface area contributed by atoms with E-state index in [0.717, 1.165) is 5.56 Å². The van der Waals surface area contributed by atoms with Crippen molar-refractivity contribution < 1.29 is 9.52 Å². The van der Waals surface area contributed by atoms with E-state index in [1.54, 1.807) is 48.7 Å². The quantitative estimate of drug-likeness (QED) is 0.731. The van der Waals surface area contributed by atoms with Crippen LogP contribution in [0.25, 0.3) is 11.3 Å². The van der Waals surface area contributed by atoms with Gasteiger partial charge in [-0.25, -0.2) is 4.99 Å². The fourth-order valence-electron chi connectivity index (χ4n) is 1.99. The van der Waals surface area contributed by atoms with E-state index in [1.165, 1.54) is 0 Å². The zero-order chi connectivity index (χ0) is 15.4. The number of hydrogen-bond acceptors (Lipinski definition) is 4. The monoisotopic (exact) mass is 288 g/mol. The third-order valence-corrected chi connectivity index (χ3v) is 3.14. The van der Waals surface area contributed by atoms with E-state index >= 15 is 0 Å². The van der Waals surface area contributed by atoms with Gasteiger partial charge in [-0.3, -0.25) is 0 Å².